The summed E-state index contributed by atoms with van der Waals surface area (Å²) in [6, 6.07) is 16.3. The Hall–Kier alpha value is -2.59. The number of sulfonamides is 1. The molecule has 2 aliphatic rings. The number of rotatable bonds is 9. The van der Waals surface area contributed by atoms with Crippen LogP contribution in [0.1, 0.15) is 24.8 Å². The molecule has 2 aromatic carbocycles. The first-order valence-electron chi connectivity index (χ1n) is 11.4. The van der Waals surface area contributed by atoms with E-state index in [1.807, 2.05) is 6.07 Å². The van der Waals surface area contributed by atoms with Crippen LogP contribution in [0.5, 0.6) is 0 Å². The standard InChI is InChI=1S/C24H30N4O4S/c29-23-11-12-24(30)28(23)21-7-9-22(10-8-21)33(31,32)25-13-4-14-26-15-17-27(18-16-26)19-20-5-2-1-3-6-20/h1-3,5-10,25H,4,11-19H2. The lowest BCUT2D eigenvalue weighted by Gasteiger charge is -2.34. The lowest BCUT2D eigenvalue weighted by atomic mass is 10.2. The van der Waals surface area contributed by atoms with E-state index in [0.29, 0.717) is 12.2 Å². The van der Waals surface area contributed by atoms with Crippen LogP contribution in [-0.4, -0.2) is 69.3 Å². The van der Waals surface area contributed by atoms with Crippen molar-refractivity contribution in [2.24, 2.45) is 0 Å². The van der Waals surface area contributed by atoms with Gasteiger partial charge in [-0.05, 0) is 42.8 Å². The monoisotopic (exact) mass is 470 g/mol. The highest BCUT2D eigenvalue weighted by Gasteiger charge is 2.30. The van der Waals surface area contributed by atoms with Gasteiger partial charge < -0.3 is 4.90 Å². The molecule has 2 fully saturated rings. The van der Waals surface area contributed by atoms with Crippen LogP contribution in [0.4, 0.5) is 5.69 Å². The third-order valence-electron chi connectivity index (χ3n) is 6.11. The van der Waals surface area contributed by atoms with Crippen molar-refractivity contribution < 1.29 is 18.0 Å². The highest BCUT2D eigenvalue weighted by atomic mass is 32.2. The van der Waals surface area contributed by atoms with Gasteiger partial charge in [0.1, 0.15) is 0 Å². The average Bonchev–Trinajstić information content (AvgIpc) is 3.16. The first-order chi connectivity index (χ1) is 15.9. The van der Waals surface area contributed by atoms with Gasteiger partial charge in [-0.25, -0.2) is 13.1 Å². The Balaban J connectivity index is 1.19. The Morgan fingerprint density at radius 1 is 0.788 bits per heavy atom. The van der Waals surface area contributed by atoms with Crippen LogP contribution in [0.2, 0.25) is 0 Å². The van der Waals surface area contributed by atoms with Crippen molar-refractivity contribution in [1.29, 1.82) is 0 Å². The molecule has 2 amide bonds. The summed E-state index contributed by atoms with van der Waals surface area (Å²) in [5, 5.41) is 0. The molecule has 0 saturated carbocycles. The zero-order valence-electron chi connectivity index (χ0n) is 18.7. The Morgan fingerprint density at radius 2 is 1.39 bits per heavy atom. The molecule has 2 aromatic rings. The zero-order chi connectivity index (χ0) is 23.3. The summed E-state index contributed by atoms with van der Waals surface area (Å²) in [7, 11) is -3.64. The molecular weight excluding hydrogens is 440 g/mol. The van der Waals surface area contributed by atoms with E-state index in [9.17, 15) is 18.0 Å². The predicted octanol–water partition coefficient (Wildman–Crippen LogP) is 1.83. The molecule has 4 rings (SSSR count). The highest BCUT2D eigenvalue weighted by molar-refractivity contribution is 7.89. The lowest BCUT2D eigenvalue weighted by Crippen LogP contribution is -2.46. The van der Waals surface area contributed by atoms with Crippen LogP contribution >= 0.6 is 0 Å². The second kappa shape index (κ2) is 10.6. The van der Waals surface area contributed by atoms with Crippen molar-refractivity contribution in [2.75, 3.05) is 44.2 Å². The third-order valence-corrected chi connectivity index (χ3v) is 7.59. The maximum atomic E-state index is 12.6. The Kier molecular flexibility index (Phi) is 7.54. The number of imide groups is 1. The molecule has 2 saturated heterocycles. The molecule has 0 radical (unpaired) electrons. The molecule has 0 bridgehead atoms. The molecule has 0 atom stereocenters. The number of carbonyl (C=O) groups excluding carboxylic acids is 2. The number of nitrogens with zero attached hydrogens (tertiary/aromatic N) is 3. The molecule has 2 heterocycles. The SMILES string of the molecule is O=C1CCC(=O)N1c1ccc(S(=O)(=O)NCCCN2CCN(Cc3ccccc3)CC2)cc1. The van der Waals surface area contributed by atoms with Crippen molar-refractivity contribution >= 4 is 27.5 Å². The number of carbonyl (C=O) groups is 2. The minimum atomic E-state index is -3.64. The van der Waals surface area contributed by atoms with Crippen LogP contribution in [-0.2, 0) is 26.2 Å². The van der Waals surface area contributed by atoms with Gasteiger partial charge in [-0.15, -0.1) is 0 Å². The Bertz CT molecular complexity index is 1050. The number of amides is 2. The number of hydrogen-bond donors (Lipinski definition) is 1. The van der Waals surface area contributed by atoms with Crippen molar-refractivity contribution in [3.8, 4) is 0 Å². The quantitative estimate of drug-likeness (QED) is 0.444. The van der Waals surface area contributed by atoms with Gasteiger partial charge in [0.15, 0.2) is 0 Å². The number of anilines is 1. The first kappa shape index (κ1) is 23.6. The maximum Gasteiger partial charge on any atom is 0.240 e. The van der Waals surface area contributed by atoms with E-state index in [1.54, 1.807) is 0 Å². The van der Waals surface area contributed by atoms with E-state index in [2.05, 4.69) is 38.8 Å². The summed E-state index contributed by atoms with van der Waals surface area (Å²) in [4.78, 5) is 29.7. The molecule has 8 nitrogen and oxygen atoms in total. The normalized spacial score (nSPS) is 18.2. The van der Waals surface area contributed by atoms with Gasteiger partial charge in [-0.1, -0.05) is 30.3 Å². The first-order valence-corrected chi connectivity index (χ1v) is 12.8. The molecule has 0 spiro atoms. The van der Waals surface area contributed by atoms with Crippen LogP contribution < -0.4 is 9.62 Å². The molecule has 176 valence electrons. The van der Waals surface area contributed by atoms with Gasteiger partial charge in [-0.3, -0.25) is 19.4 Å². The van der Waals surface area contributed by atoms with E-state index in [-0.39, 0.29) is 29.6 Å². The molecule has 9 heteroatoms. The summed E-state index contributed by atoms with van der Waals surface area (Å²) in [5.41, 5.74) is 1.74. The van der Waals surface area contributed by atoms with Crippen LogP contribution in [0.15, 0.2) is 59.5 Å². The summed E-state index contributed by atoms with van der Waals surface area (Å²) < 4.78 is 27.8. The van der Waals surface area contributed by atoms with Gasteiger partial charge in [0, 0.05) is 52.1 Å². The summed E-state index contributed by atoms with van der Waals surface area (Å²) in [6.45, 7) is 6.15. The molecule has 33 heavy (non-hydrogen) atoms. The smallest absolute Gasteiger partial charge is 0.240 e. The van der Waals surface area contributed by atoms with Gasteiger partial charge >= 0.3 is 0 Å². The lowest BCUT2D eigenvalue weighted by molar-refractivity contribution is -0.121. The number of piperazine rings is 1. The van der Waals surface area contributed by atoms with Crippen molar-refractivity contribution in [1.82, 2.24) is 14.5 Å². The fraction of sp³-hybridized carbons (Fsp3) is 0.417. The predicted molar refractivity (Wildman–Crippen MR) is 126 cm³/mol. The molecular formula is C24H30N4O4S. The number of hydrogen-bond acceptors (Lipinski definition) is 6. The second-order valence-electron chi connectivity index (χ2n) is 8.47. The van der Waals surface area contributed by atoms with Crippen LogP contribution in [0.3, 0.4) is 0 Å². The fourth-order valence-corrected chi connectivity index (χ4v) is 5.32. The number of nitrogens with one attached hydrogen (secondary N) is 1. The van der Waals surface area contributed by atoms with E-state index >= 15 is 0 Å². The van der Waals surface area contributed by atoms with E-state index in [1.165, 1.54) is 29.8 Å². The van der Waals surface area contributed by atoms with Crippen molar-refractivity contribution in [2.45, 2.75) is 30.7 Å². The third kappa shape index (κ3) is 6.05. The highest BCUT2D eigenvalue weighted by Crippen LogP contribution is 2.24. The molecule has 1 N–H and O–H groups in total. The Morgan fingerprint density at radius 3 is 2.03 bits per heavy atom. The molecule has 0 aliphatic carbocycles. The van der Waals surface area contributed by atoms with Crippen molar-refractivity contribution in [3.63, 3.8) is 0 Å². The van der Waals surface area contributed by atoms with Crippen molar-refractivity contribution in [3.05, 3.63) is 60.2 Å². The summed E-state index contributed by atoms with van der Waals surface area (Å²) >= 11 is 0. The van der Waals surface area contributed by atoms with Gasteiger partial charge in [0.25, 0.3) is 0 Å². The van der Waals surface area contributed by atoms with E-state index in [0.717, 1.165) is 50.6 Å². The van der Waals surface area contributed by atoms with E-state index < -0.39 is 10.0 Å². The molecule has 0 unspecified atom stereocenters. The maximum absolute atomic E-state index is 12.6. The second-order valence-corrected chi connectivity index (χ2v) is 10.2. The topological polar surface area (TPSA) is 90.0 Å². The summed E-state index contributed by atoms with van der Waals surface area (Å²) in [6.07, 6.45) is 1.12. The van der Waals surface area contributed by atoms with Gasteiger partial charge in [-0.2, -0.15) is 0 Å². The minimum Gasteiger partial charge on any atom is -0.301 e. The van der Waals surface area contributed by atoms with Gasteiger partial charge in [0.2, 0.25) is 21.8 Å². The van der Waals surface area contributed by atoms with Crippen LogP contribution in [0, 0.1) is 0 Å². The largest absolute Gasteiger partial charge is 0.301 e. The van der Waals surface area contributed by atoms with E-state index in [4.69, 9.17) is 0 Å². The Labute approximate surface area is 195 Å². The zero-order valence-corrected chi connectivity index (χ0v) is 19.5. The number of benzene rings is 2. The average molecular weight is 471 g/mol. The molecule has 0 aromatic heterocycles. The van der Waals surface area contributed by atoms with Crippen LogP contribution in [0.25, 0.3) is 0 Å². The van der Waals surface area contributed by atoms with Gasteiger partial charge in [0.05, 0.1) is 10.6 Å². The summed E-state index contributed by atoms with van der Waals surface area (Å²) in [5.74, 6) is -0.510. The fourth-order valence-electron chi connectivity index (χ4n) is 4.24. The molecule has 2 aliphatic heterocycles. The minimum absolute atomic E-state index is 0.125.